The summed E-state index contributed by atoms with van der Waals surface area (Å²) in [5, 5.41) is 3.78. The fourth-order valence-corrected chi connectivity index (χ4v) is 4.04. The molecule has 2 heteroatoms. The van der Waals surface area contributed by atoms with Crippen LogP contribution in [0.3, 0.4) is 0 Å². The molecule has 1 aliphatic heterocycles. The van der Waals surface area contributed by atoms with Gasteiger partial charge in [-0.25, -0.2) is 0 Å². The molecule has 0 aromatic heterocycles. The van der Waals surface area contributed by atoms with Gasteiger partial charge in [0.1, 0.15) is 0 Å². The van der Waals surface area contributed by atoms with Crippen LogP contribution in [0.5, 0.6) is 0 Å². The molecule has 1 saturated heterocycles. The van der Waals surface area contributed by atoms with Crippen LogP contribution in [0.25, 0.3) is 0 Å². The van der Waals surface area contributed by atoms with Crippen LogP contribution in [-0.2, 0) is 4.74 Å². The Labute approximate surface area is 113 Å². The zero-order valence-electron chi connectivity index (χ0n) is 12.7. The first kappa shape index (κ1) is 14.3. The summed E-state index contributed by atoms with van der Waals surface area (Å²) in [6.07, 6.45) is 7.86. The van der Waals surface area contributed by atoms with Gasteiger partial charge in [0, 0.05) is 12.6 Å². The fraction of sp³-hybridized carbons (Fsp3) is 1.00. The Kier molecular flexibility index (Phi) is 4.38. The molecule has 0 bridgehead atoms. The minimum absolute atomic E-state index is 0.137. The van der Waals surface area contributed by atoms with Gasteiger partial charge < -0.3 is 10.1 Å². The summed E-state index contributed by atoms with van der Waals surface area (Å²) < 4.78 is 6.41. The second-order valence-electron chi connectivity index (χ2n) is 7.43. The van der Waals surface area contributed by atoms with Crippen molar-refractivity contribution in [1.82, 2.24) is 5.32 Å². The van der Waals surface area contributed by atoms with Gasteiger partial charge in [-0.3, -0.25) is 0 Å². The monoisotopic (exact) mass is 253 g/mol. The van der Waals surface area contributed by atoms with Crippen molar-refractivity contribution in [2.75, 3.05) is 13.2 Å². The topological polar surface area (TPSA) is 21.3 Å². The van der Waals surface area contributed by atoms with Gasteiger partial charge in [0.15, 0.2) is 0 Å². The number of ether oxygens (including phenoxy) is 1. The lowest BCUT2D eigenvalue weighted by molar-refractivity contribution is -0.158. The van der Waals surface area contributed by atoms with Gasteiger partial charge in [0.2, 0.25) is 0 Å². The van der Waals surface area contributed by atoms with Crippen molar-refractivity contribution < 1.29 is 4.74 Å². The number of hydrogen-bond acceptors (Lipinski definition) is 2. The first-order valence-corrected chi connectivity index (χ1v) is 7.85. The van der Waals surface area contributed by atoms with Crippen LogP contribution in [0.1, 0.15) is 66.2 Å². The highest BCUT2D eigenvalue weighted by Gasteiger charge is 2.49. The highest BCUT2D eigenvalue weighted by molar-refractivity contribution is 5.03. The summed E-state index contributed by atoms with van der Waals surface area (Å²) in [5.74, 6) is 0.756. The maximum Gasteiger partial charge on any atom is 0.0863 e. The number of hydrogen-bond donors (Lipinski definition) is 1. The maximum atomic E-state index is 6.41. The summed E-state index contributed by atoms with van der Waals surface area (Å²) >= 11 is 0. The third kappa shape index (κ3) is 2.91. The van der Waals surface area contributed by atoms with Crippen LogP contribution in [0, 0.1) is 11.3 Å². The lowest BCUT2D eigenvalue weighted by Crippen LogP contribution is -2.63. The molecule has 1 N–H and O–H groups in total. The number of morpholine rings is 1. The van der Waals surface area contributed by atoms with E-state index in [0.29, 0.717) is 11.5 Å². The zero-order chi connectivity index (χ0) is 13.2. The van der Waals surface area contributed by atoms with Crippen molar-refractivity contribution in [1.29, 1.82) is 0 Å². The lowest BCUT2D eigenvalue weighted by Gasteiger charge is -2.53. The third-order valence-electron chi connectivity index (χ3n) is 4.82. The van der Waals surface area contributed by atoms with Crippen LogP contribution in [0.2, 0.25) is 0 Å². The van der Waals surface area contributed by atoms with E-state index in [4.69, 9.17) is 4.74 Å². The molecule has 3 atom stereocenters. The predicted octanol–water partition coefficient (Wildman–Crippen LogP) is 3.75. The highest BCUT2D eigenvalue weighted by Crippen LogP contribution is 2.44. The Morgan fingerprint density at radius 2 is 2.06 bits per heavy atom. The van der Waals surface area contributed by atoms with Crippen LogP contribution in [0.15, 0.2) is 0 Å². The predicted molar refractivity (Wildman–Crippen MR) is 76.8 cm³/mol. The van der Waals surface area contributed by atoms with Crippen molar-refractivity contribution in [3.63, 3.8) is 0 Å². The van der Waals surface area contributed by atoms with Crippen LogP contribution < -0.4 is 5.32 Å². The summed E-state index contributed by atoms with van der Waals surface area (Å²) in [6, 6.07) is 0.552. The highest BCUT2D eigenvalue weighted by atomic mass is 16.5. The molecular formula is C16H31NO. The van der Waals surface area contributed by atoms with Gasteiger partial charge >= 0.3 is 0 Å². The number of nitrogens with one attached hydrogen (secondary N) is 1. The summed E-state index contributed by atoms with van der Waals surface area (Å²) in [6.45, 7) is 11.3. The van der Waals surface area contributed by atoms with Gasteiger partial charge in [0.05, 0.1) is 12.2 Å². The average Bonchev–Trinajstić information content (AvgIpc) is 2.31. The normalized spacial score (nSPS) is 38.0. The Hall–Kier alpha value is -0.0800. The molecular weight excluding hydrogens is 222 g/mol. The standard InChI is InChI=1S/C16H31NO/c1-5-13-8-6-7-9-16(13)14(12-15(2,3)4)17-10-11-18-16/h13-14,17H,5-12H2,1-4H3. The van der Waals surface area contributed by atoms with Gasteiger partial charge in [-0.1, -0.05) is 47.0 Å². The zero-order valence-corrected chi connectivity index (χ0v) is 12.7. The van der Waals surface area contributed by atoms with E-state index in [2.05, 4.69) is 33.0 Å². The smallest absolute Gasteiger partial charge is 0.0863 e. The molecule has 0 radical (unpaired) electrons. The average molecular weight is 253 g/mol. The third-order valence-corrected chi connectivity index (χ3v) is 4.82. The molecule has 1 spiro atoms. The molecule has 2 nitrogen and oxygen atoms in total. The molecule has 2 rings (SSSR count). The largest absolute Gasteiger partial charge is 0.372 e. The molecule has 106 valence electrons. The van der Waals surface area contributed by atoms with Crippen molar-refractivity contribution in [3.8, 4) is 0 Å². The molecule has 3 unspecified atom stereocenters. The van der Waals surface area contributed by atoms with Gasteiger partial charge in [0.25, 0.3) is 0 Å². The van der Waals surface area contributed by atoms with E-state index in [0.717, 1.165) is 19.1 Å². The summed E-state index contributed by atoms with van der Waals surface area (Å²) in [4.78, 5) is 0. The second-order valence-corrected chi connectivity index (χ2v) is 7.43. The van der Waals surface area contributed by atoms with Gasteiger partial charge in [-0.15, -0.1) is 0 Å². The second kappa shape index (κ2) is 5.50. The Morgan fingerprint density at radius 3 is 2.72 bits per heavy atom. The molecule has 0 aromatic carbocycles. The molecule has 0 aromatic rings. The van der Waals surface area contributed by atoms with Crippen molar-refractivity contribution >= 4 is 0 Å². The Bertz CT molecular complexity index is 265. The van der Waals surface area contributed by atoms with Crippen LogP contribution in [0.4, 0.5) is 0 Å². The van der Waals surface area contributed by atoms with E-state index in [1.807, 2.05) is 0 Å². The van der Waals surface area contributed by atoms with Gasteiger partial charge in [-0.2, -0.15) is 0 Å². The van der Waals surface area contributed by atoms with Crippen LogP contribution >= 0.6 is 0 Å². The van der Waals surface area contributed by atoms with E-state index in [1.165, 1.54) is 38.5 Å². The molecule has 18 heavy (non-hydrogen) atoms. The minimum atomic E-state index is 0.137. The quantitative estimate of drug-likeness (QED) is 0.809. The molecule has 1 aliphatic carbocycles. The van der Waals surface area contributed by atoms with E-state index in [9.17, 15) is 0 Å². The Balaban J connectivity index is 2.18. The molecule has 2 aliphatic rings. The lowest BCUT2D eigenvalue weighted by atomic mass is 9.66. The maximum absolute atomic E-state index is 6.41. The fourth-order valence-electron chi connectivity index (χ4n) is 4.04. The summed E-state index contributed by atoms with van der Waals surface area (Å²) in [7, 11) is 0. The molecule has 1 saturated carbocycles. The van der Waals surface area contributed by atoms with E-state index < -0.39 is 0 Å². The Morgan fingerprint density at radius 1 is 1.28 bits per heavy atom. The van der Waals surface area contributed by atoms with E-state index in [-0.39, 0.29) is 5.60 Å². The molecule has 2 fully saturated rings. The van der Waals surface area contributed by atoms with E-state index in [1.54, 1.807) is 0 Å². The first-order chi connectivity index (χ1) is 8.48. The van der Waals surface area contributed by atoms with Crippen molar-refractivity contribution in [3.05, 3.63) is 0 Å². The molecule has 0 amide bonds. The molecule has 1 heterocycles. The van der Waals surface area contributed by atoms with Gasteiger partial charge in [-0.05, 0) is 30.6 Å². The SMILES string of the molecule is CCC1CCCCC12OCCNC2CC(C)(C)C. The van der Waals surface area contributed by atoms with Crippen molar-refractivity contribution in [2.24, 2.45) is 11.3 Å². The van der Waals surface area contributed by atoms with Crippen molar-refractivity contribution in [2.45, 2.75) is 77.9 Å². The number of rotatable bonds is 2. The summed E-state index contributed by atoms with van der Waals surface area (Å²) in [5.41, 5.74) is 0.514. The van der Waals surface area contributed by atoms with Crippen LogP contribution in [-0.4, -0.2) is 24.8 Å². The van der Waals surface area contributed by atoms with E-state index >= 15 is 0 Å². The first-order valence-electron chi connectivity index (χ1n) is 7.85. The minimum Gasteiger partial charge on any atom is -0.372 e.